The van der Waals surface area contributed by atoms with E-state index in [9.17, 15) is 9.59 Å². The summed E-state index contributed by atoms with van der Waals surface area (Å²) in [4.78, 5) is 22.9. The molecule has 1 unspecified atom stereocenters. The molecule has 1 aromatic rings. The van der Waals surface area contributed by atoms with Gasteiger partial charge in [-0.2, -0.15) is 0 Å². The van der Waals surface area contributed by atoms with Gasteiger partial charge in [0.2, 0.25) is 5.91 Å². The van der Waals surface area contributed by atoms with E-state index in [4.69, 9.17) is 9.84 Å². The second-order valence-electron chi connectivity index (χ2n) is 4.82. The molecule has 0 bridgehead atoms. The summed E-state index contributed by atoms with van der Waals surface area (Å²) >= 11 is 3.32. The van der Waals surface area contributed by atoms with E-state index >= 15 is 0 Å². The van der Waals surface area contributed by atoms with Crippen LogP contribution in [0.4, 0.5) is 0 Å². The smallest absolute Gasteiger partial charge is 0.326 e. The van der Waals surface area contributed by atoms with E-state index < -0.39 is 12.0 Å². The second kappa shape index (κ2) is 8.67. The third kappa shape index (κ3) is 6.16. The van der Waals surface area contributed by atoms with Crippen molar-refractivity contribution in [2.24, 2.45) is 5.92 Å². The summed E-state index contributed by atoms with van der Waals surface area (Å²) in [7, 11) is 0. The van der Waals surface area contributed by atoms with E-state index in [1.54, 1.807) is 19.1 Å². The summed E-state index contributed by atoms with van der Waals surface area (Å²) in [5, 5.41) is 11.6. The minimum absolute atomic E-state index is 0.112. The summed E-state index contributed by atoms with van der Waals surface area (Å²) in [5.41, 5.74) is 0. The van der Waals surface area contributed by atoms with Crippen LogP contribution >= 0.6 is 15.9 Å². The molecule has 0 fully saturated rings. The highest BCUT2D eigenvalue weighted by molar-refractivity contribution is 9.10. The normalized spacial score (nSPS) is 13.3. The first-order valence-corrected chi connectivity index (χ1v) is 7.63. The van der Waals surface area contributed by atoms with Crippen molar-refractivity contribution in [2.75, 3.05) is 6.61 Å². The van der Waals surface area contributed by atoms with Gasteiger partial charge in [-0.25, -0.2) is 4.79 Å². The molecule has 0 spiro atoms. The van der Waals surface area contributed by atoms with Crippen LogP contribution in [0.5, 0.6) is 5.75 Å². The summed E-state index contributed by atoms with van der Waals surface area (Å²) in [5.74, 6) is -0.770. The Hall–Kier alpha value is -1.56. The average Bonchev–Trinajstić information content (AvgIpc) is 2.45. The number of rotatable bonds is 8. The van der Waals surface area contributed by atoms with Gasteiger partial charge in [0, 0.05) is 4.47 Å². The first kappa shape index (κ1) is 17.5. The number of hydrogen-bond acceptors (Lipinski definition) is 3. The van der Waals surface area contributed by atoms with Crippen molar-refractivity contribution >= 4 is 27.8 Å². The Morgan fingerprint density at radius 3 is 2.48 bits per heavy atom. The van der Waals surface area contributed by atoms with Crippen molar-refractivity contribution in [3.8, 4) is 5.75 Å². The van der Waals surface area contributed by atoms with Crippen molar-refractivity contribution in [3.05, 3.63) is 28.7 Å². The van der Waals surface area contributed by atoms with E-state index in [0.29, 0.717) is 12.2 Å². The third-order valence-corrected chi connectivity index (χ3v) is 3.74. The molecule has 1 aromatic carbocycles. The predicted octanol–water partition coefficient (Wildman–Crippen LogP) is 2.83. The molecule has 0 aliphatic rings. The van der Waals surface area contributed by atoms with E-state index in [0.717, 1.165) is 4.47 Å². The van der Waals surface area contributed by atoms with Gasteiger partial charge < -0.3 is 15.2 Å². The zero-order valence-electron chi connectivity index (χ0n) is 12.1. The van der Waals surface area contributed by atoms with Gasteiger partial charge in [-0.05, 0) is 30.2 Å². The standard InChI is InChI=1S/C15H20BrNO4/c1-3-10(2)14(15(19)20)17-13(18)8-9-21-12-6-4-11(16)5-7-12/h4-7,10,14H,3,8-9H2,1-2H3,(H,17,18)(H,19,20)/t10?,14-/m0/s1. The third-order valence-electron chi connectivity index (χ3n) is 3.21. The molecule has 0 heterocycles. The lowest BCUT2D eigenvalue weighted by Crippen LogP contribution is -2.45. The SMILES string of the molecule is CCC(C)[C@H](NC(=O)CCOc1ccc(Br)cc1)C(=O)O. The van der Waals surface area contributed by atoms with Crippen LogP contribution in [0.1, 0.15) is 26.7 Å². The highest BCUT2D eigenvalue weighted by Crippen LogP contribution is 2.16. The Balaban J connectivity index is 2.39. The van der Waals surface area contributed by atoms with Crippen molar-refractivity contribution in [2.45, 2.75) is 32.7 Å². The minimum atomic E-state index is -1.01. The van der Waals surface area contributed by atoms with Gasteiger partial charge >= 0.3 is 5.97 Å². The zero-order chi connectivity index (χ0) is 15.8. The topological polar surface area (TPSA) is 75.6 Å². The lowest BCUT2D eigenvalue weighted by molar-refractivity contribution is -0.143. The largest absolute Gasteiger partial charge is 0.493 e. The molecule has 0 saturated heterocycles. The molecule has 2 N–H and O–H groups in total. The number of carbonyl (C=O) groups is 2. The number of halogens is 1. The summed E-state index contributed by atoms with van der Waals surface area (Å²) < 4.78 is 6.38. The first-order chi connectivity index (χ1) is 9.93. The number of amides is 1. The number of aliphatic carboxylic acids is 1. The number of carboxylic acids is 1. The summed E-state index contributed by atoms with van der Waals surface area (Å²) in [6, 6.07) is 6.43. The zero-order valence-corrected chi connectivity index (χ0v) is 13.7. The molecule has 6 heteroatoms. The van der Waals surface area contributed by atoms with Crippen LogP contribution in [0.15, 0.2) is 28.7 Å². The van der Waals surface area contributed by atoms with Crippen LogP contribution in [0, 0.1) is 5.92 Å². The molecule has 0 saturated carbocycles. The van der Waals surface area contributed by atoms with Crippen molar-refractivity contribution < 1.29 is 19.4 Å². The molecular weight excluding hydrogens is 338 g/mol. The van der Waals surface area contributed by atoms with Crippen molar-refractivity contribution in [1.82, 2.24) is 5.32 Å². The van der Waals surface area contributed by atoms with Crippen LogP contribution in [0.2, 0.25) is 0 Å². The van der Waals surface area contributed by atoms with Crippen LogP contribution in [-0.2, 0) is 9.59 Å². The molecule has 5 nitrogen and oxygen atoms in total. The fourth-order valence-electron chi connectivity index (χ4n) is 1.72. The Morgan fingerprint density at radius 1 is 1.33 bits per heavy atom. The fourth-order valence-corrected chi connectivity index (χ4v) is 1.99. The van der Waals surface area contributed by atoms with Gasteiger partial charge in [0.25, 0.3) is 0 Å². The van der Waals surface area contributed by atoms with Crippen LogP contribution in [0.3, 0.4) is 0 Å². The van der Waals surface area contributed by atoms with Gasteiger partial charge in [0.15, 0.2) is 0 Å². The van der Waals surface area contributed by atoms with E-state index in [2.05, 4.69) is 21.2 Å². The highest BCUT2D eigenvalue weighted by Gasteiger charge is 2.24. The van der Waals surface area contributed by atoms with Gasteiger partial charge in [-0.1, -0.05) is 36.2 Å². The maximum atomic E-state index is 11.8. The molecule has 0 radical (unpaired) electrons. The number of ether oxygens (including phenoxy) is 1. The minimum Gasteiger partial charge on any atom is -0.493 e. The molecular formula is C15H20BrNO4. The molecule has 1 amide bonds. The van der Waals surface area contributed by atoms with E-state index in [1.165, 1.54) is 0 Å². The molecule has 0 aliphatic carbocycles. The number of benzene rings is 1. The number of hydrogen-bond donors (Lipinski definition) is 2. The van der Waals surface area contributed by atoms with Crippen molar-refractivity contribution in [3.63, 3.8) is 0 Å². The monoisotopic (exact) mass is 357 g/mol. The molecule has 1 rings (SSSR count). The van der Waals surface area contributed by atoms with Crippen LogP contribution < -0.4 is 10.1 Å². The fraction of sp³-hybridized carbons (Fsp3) is 0.467. The maximum absolute atomic E-state index is 11.8. The average molecular weight is 358 g/mol. The molecule has 0 aromatic heterocycles. The van der Waals surface area contributed by atoms with E-state index in [-0.39, 0.29) is 24.9 Å². The lowest BCUT2D eigenvalue weighted by atomic mass is 9.99. The lowest BCUT2D eigenvalue weighted by Gasteiger charge is -2.20. The highest BCUT2D eigenvalue weighted by atomic mass is 79.9. The molecule has 21 heavy (non-hydrogen) atoms. The summed E-state index contributed by atoms with van der Waals surface area (Å²) in [6.45, 7) is 3.90. The first-order valence-electron chi connectivity index (χ1n) is 6.84. The molecule has 0 aliphatic heterocycles. The van der Waals surface area contributed by atoms with E-state index in [1.807, 2.05) is 19.1 Å². The van der Waals surface area contributed by atoms with Gasteiger partial charge in [-0.3, -0.25) is 4.79 Å². The maximum Gasteiger partial charge on any atom is 0.326 e. The second-order valence-corrected chi connectivity index (χ2v) is 5.74. The Morgan fingerprint density at radius 2 is 1.95 bits per heavy atom. The predicted molar refractivity (Wildman–Crippen MR) is 83.3 cm³/mol. The summed E-state index contributed by atoms with van der Waals surface area (Å²) in [6.07, 6.45) is 0.808. The van der Waals surface area contributed by atoms with Crippen molar-refractivity contribution in [1.29, 1.82) is 0 Å². The number of nitrogens with one attached hydrogen (secondary N) is 1. The van der Waals surface area contributed by atoms with Crippen LogP contribution in [0.25, 0.3) is 0 Å². The Bertz CT molecular complexity index is 475. The molecule has 116 valence electrons. The Kier molecular flexibility index (Phi) is 7.22. The number of carbonyl (C=O) groups excluding carboxylic acids is 1. The molecule has 2 atom stereocenters. The van der Waals surface area contributed by atoms with Gasteiger partial charge in [-0.15, -0.1) is 0 Å². The van der Waals surface area contributed by atoms with Gasteiger partial charge in [0.1, 0.15) is 11.8 Å². The Labute approximate surface area is 132 Å². The van der Waals surface area contributed by atoms with Crippen LogP contribution in [-0.4, -0.2) is 29.6 Å². The number of carboxylic acid groups (broad SMARTS) is 1. The quantitative estimate of drug-likeness (QED) is 0.749. The van der Waals surface area contributed by atoms with Gasteiger partial charge in [0.05, 0.1) is 13.0 Å².